The van der Waals surface area contributed by atoms with Crippen LogP contribution in [-0.4, -0.2) is 43.0 Å². The first-order chi connectivity index (χ1) is 12.6. The minimum absolute atomic E-state index is 0.414. The summed E-state index contributed by atoms with van der Waals surface area (Å²) in [6.45, 7) is 8.54. The van der Waals surface area contributed by atoms with E-state index in [4.69, 9.17) is 14.0 Å². The summed E-state index contributed by atoms with van der Waals surface area (Å²) in [5.74, 6) is 2.63. The summed E-state index contributed by atoms with van der Waals surface area (Å²) in [7, 11) is 1.66. The molecule has 0 amide bonds. The second-order valence-corrected chi connectivity index (χ2v) is 5.74. The van der Waals surface area contributed by atoms with Gasteiger partial charge in [0.05, 0.1) is 19.7 Å². The van der Waals surface area contributed by atoms with Crippen LogP contribution in [0.2, 0.25) is 0 Å². The van der Waals surface area contributed by atoms with E-state index < -0.39 is 0 Å². The Kier molecular flexibility index (Phi) is 7.88. The van der Waals surface area contributed by atoms with Crippen molar-refractivity contribution in [2.24, 2.45) is 4.99 Å². The molecule has 0 unspecified atom stereocenters. The SMILES string of the molecule is CCNC(=NCc1ccc(C)cc1OCCOC)NCc1nc(C)no1. The van der Waals surface area contributed by atoms with Crippen LogP contribution in [0.1, 0.15) is 29.8 Å². The summed E-state index contributed by atoms with van der Waals surface area (Å²) < 4.78 is 16.0. The lowest BCUT2D eigenvalue weighted by Gasteiger charge is -2.13. The molecular formula is C18H27N5O3. The van der Waals surface area contributed by atoms with Crippen LogP contribution in [0.4, 0.5) is 0 Å². The third kappa shape index (κ3) is 6.36. The number of guanidine groups is 1. The molecule has 0 saturated carbocycles. The van der Waals surface area contributed by atoms with Gasteiger partial charge in [-0.2, -0.15) is 4.98 Å². The number of hydrogen-bond acceptors (Lipinski definition) is 6. The van der Waals surface area contributed by atoms with Gasteiger partial charge in [0.25, 0.3) is 0 Å². The summed E-state index contributed by atoms with van der Waals surface area (Å²) in [5.41, 5.74) is 2.15. The van der Waals surface area contributed by atoms with Crippen molar-refractivity contribution in [3.8, 4) is 5.75 Å². The van der Waals surface area contributed by atoms with Crippen LogP contribution < -0.4 is 15.4 Å². The summed E-state index contributed by atoms with van der Waals surface area (Å²) in [4.78, 5) is 8.79. The van der Waals surface area contributed by atoms with E-state index in [1.54, 1.807) is 14.0 Å². The lowest BCUT2D eigenvalue weighted by molar-refractivity contribution is 0.145. The van der Waals surface area contributed by atoms with E-state index in [9.17, 15) is 0 Å². The number of aromatic nitrogens is 2. The van der Waals surface area contributed by atoms with Crippen LogP contribution in [0, 0.1) is 13.8 Å². The molecule has 0 saturated heterocycles. The van der Waals surface area contributed by atoms with Gasteiger partial charge in [-0.3, -0.25) is 0 Å². The maximum absolute atomic E-state index is 5.81. The number of aryl methyl sites for hydroxylation is 2. The van der Waals surface area contributed by atoms with Gasteiger partial charge in [0, 0.05) is 19.2 Å². The molecule has 8 heteroatoms. The lowest BCUT2D eigenvalue weighted by Crippen LogP contribution is -2.36. The molecule has 0 aliphatic carbocycles. The fourth-order valence-corrected chi connectivity index (χ4v) is 2.24. The molecule has 8 nitrogen and oxygen atoms in total. The van der Waals surface area contributed by atoms with E-state index >= 15 is 0 Å². The van der Waals surface area contributed by atoms with Crippen molar-refractivity contribution in [3.63, 3.8) is 0 Å². The zero-order chi connectivity index (χ0) is 18.8. The summed E-state index contributed by atoms with van der Waals surface area (Å²) in [6.07, 6.45) is 0. The summed E-state index contributed by atoms with van der Waals surface area (Å²) in [5, 5.41) is 10.2. The third-order valence-corrected chi connectivity index (χ3v) is 3.50. The Balaban J connectivity index is 2.03. The van der Waals surface area contributed by atoms with Gasteiger partial charge in [0.2, 0.25) is 5.89 Å². The van der Waals surface area contributed by atoms with E-state index in [0.717, 1.165) is 23.4 Å². The number of methoxy groups -OCH3 is 1. The molecule has 1 heterocycles. The Morgan fingerprint density at radius 2 is 2.08 bits per heavy atom. The average Bonchev–Trinajstić information content (AvgIpc) is 3.04. The Hall–Kier alpha value is -2.61. The zero-order valence-electron chi connectivity index (χ0n) is 15.8. The van der Waals surface area contributed by atoms with Crippen molar-refractivity contribution in [2.45, 2.75) is 33.9 Å². The van der Waals surface area contributed by atoms with Crippen molar-refractivity contribution in [1.29, 1.82) is 0 Å². The smallest absolute Gasteiger partial charge is 0.246 e. The van der Waals surface area contributed by atoms with E-state index in [2.05, 4.69) is 31.8 Å². The minimum Gasteiger partial charge on any atom is -0.491 e. The molecule has 2 N–H and O–H groups in total. The number of hydrogen-bond donors (Lipinski definition) is 2. The fraction of sp³-hybridized carbons (Fsp3) is 0.500. The van der Waals surface area contributed by atoms with Gasteiger partial charge in [-0.15, -0.1) is 0 Å². The number of benzene rings is 1. The standard InChI is InChI=1S/C18H27N5O3/c1-5-19-18(21-12-17-22-14(3)23-26-17)20-11-15-7-6-13(2)10-16(15)25-9-8-24-4/h6-7,10H,5,8-9,11-12H2,1-4H3,(H2,19,20,21). The molecule has 1 aromatic carbocycles. The van der Waals surface area contributed by atoms with E-state index in [-0.39, 0.29) is 0 Å². The van der Waals surface area contributed by atoms with Crippen LogP contribution in [0.25, 0.3) is 0 Å². The van der Waals surface area contributed by atoms with Crippen molar-refractivity contribution < 1.29 is 14.0 Å². The van der Waals surface area contributed by atoms with Crippen LogP contribution in [-0.2, 0) is 17.8 Å². The molecule has 0 aliphatic heterocycles. The van der Waals surface area contributed by atoms with Crippen molar-refractivity contribution >= 4 is 5.96 Å². The summed E-state index contributed by atoms with van der Waals surface area (Å²) >= 11 is 0. The molecular weight excluding hydrogens is 334 g/mol. The van der Waals surface area contributed by atoms with Gasteiger partial charge < -0.3 is 24.6 Å². The van der Waals surface area contributed by atoms with Crippen LogP contribution in [0.15, 0.2) is 27.7 Å². The first kappa shape index (κ1) is 19.7. The van der Waals surface area contributed by atoms with Gasteiger partial charge >= 0.3 is 0 Å². The second-order valence-electron chi connectivity index (χ2n) is 5.74. The van der Waals surface area contributed by atoms with E-state index in [1.807, 2.05) is 26.0 Å². The minimum atomic E-state index is 0.414. The van der Waals surface area contributed by atoms with Crippen LogP contribution in [0.5, 0.6) is 5.75 Å². The van der Waals surface area contributed by atoms with Crippen molar-refractivity contribution in [3.05, 3.63) is 41.0 Å². The quantitative estimate of drug-likeness (QED) is 0.401. The molecule has 0 bridgehead atoms. The number of ether oxygens (including phenoxy) is 2. The van der Waals surface area contributed by atoms with Crippen molar-refractivity contribution in [1.82, 2.24) is 20.8 Å². The van der Waals surface area contributed by atoms with Crippen molar-refractivity contribution in [2.75, 3.05) is 26.9 Å². The Morgan fingerprint density at radius 1 is 1.23 bits per heavy atom. The van der Waals surface area contributed by atoms with Gasteiger partial charge in [0.15, 0.2) is 11.8 Å². The second kappa shape index (κ2) is 10.4. The molecule has 2 aromatic rings. The maximum Gasteiger partial charge on any atom is 0.246 e. The molecule has 0 fully saturated rings. The predicted molar refractivity (Wildman–Crippen MR) is 99.2 cm³/mol. The molecule has 0 aliphatic rings. The third-order valence-electron chi connectivity index (χ3n) is 3.50. The highest BCUT2D eigenvalue weighted by Gasteiger charge is 2.07. The zero-order valence-corrected chi connectivity index (χ0v) is 15.8. The first-order valence-corrected chi connectivity index (χ1v) is 8.65. The van der Waals surface area contributed by atoms with Crippen LogP contribution in [0.3, 0.4) is 0 Å². The largest absolute Gasteiger partial charge is 0.491 e. The number of nitrogens with zero attached hydrogens (tertiary/aromatic N) is 3. The highest BCUT2D eigenvalue weighted by atomic mass is 16.5. The monoisotopic (exact) mass is 361 g/mol. The van der Waals surface area contributed by atoms with Gasteiger partial charge in [-0.1, -0.05) is 17.3 Å². The molecule has 1 aromatic heterocycles. The maximum atomic E-state index is 5.81. The van der Waals surface area contributed by atoms with Gasteiger partial charge in [-0.05, 0) is 32.4 Å². The average molecular weight is 361 g/mol. The molecule has 0 atom stereocenters. The topological polar surface area (TPSA) is 93.8 Å². The fourth-order valence-electron chi connectivity index (χ4n) is 2.24. The summed E-state index contributed by atoms with van der Waals surface area (Å²) in [6, 6.07) is 6.10. The molecule has 2 rings (SSSR count). The number of nitrogens with one attached hydrogen (secondary N) is 2. The molecule has 0 spiro atoms. The Bertz CT molecular complexity index is 715. The van der Waals surface area contributed by atoms with Crippen LogP contribution >= 0.6 is 0 Å². The van der Waals surface area contributed by atoms with E-state index in [0.29, 0.717) is 44.0 Å². The highest BCUT2D eigenvalue weighted by molar-refractivity contribution is 5.79. The molecule has 142 valence electrons. The predicted octanol–water partition coefficient (Wildman–Crippen LogP) is 1.97. The Morgan fingerprint density at radius 3 is 2.77 bits per heavy atom. The highest BCUT2D eigenvalue weighted by Crippen LogP contribution is 2.21. The molecule has 0 radical (unpaired) electrons. The van der Waals surface area contributed by atoms with Gasteiger partial charge in [0.1, 0.15) is 12.4 Å². The lowest BCUT2D eigenvalue weighted by atomic mass is 10.1. The first-order valence-electron chi connectivity index (χ1n) is 8.65. The normalized spacial score (nSPS) is 11.5. The number of aliphatic imine (C=N–C) groups is 1. The number of rotatable bonds is 9. The van der Waals surface area contributed by atoms with E-state index in [1.165, 1.54) is 0 Å². The molecule has 26 heavy (non-hydrogen) atoms. The Labute approximate surface area is 154 Å². The van der Waals surface area contributed by atoms with Gasteiger partial charge in [-0.25, -0.2) is 4.99 Å².